The maximum absolute atomic E-state index is 12.1. The van der Waals surface area contributed by atoms with Crippen LogP contribution in [0.2, 0.25) is 0 Å². The van der Waals surface area contributed by atoms with Gasteiger partial charge in [0.1, 0.15) is 17.2 Å². The lowest BCUT2D eigenvalue weighted by molar-refractivity contribution is -0.112. The summed E-state index contributed by atoms with van der Waals surface area (Å²) >= 11 is 0. The lowest BCUT2D eigenvalue weighted by Gasteiger charge is -2.12. The molecule has 3 aromatic rings. The minimum Gasteiger partial charge on any atom is -0.508 e. The summed E-state index contributed by atoms with van der Waals surface area (Å²) in [5.74, 6) is -0.276. The average molecular weight is 320 g/mol. The maximum Gasteiger partial charge on any atom is 0.162 e. The molecule has 118 valence electrons. The number of aromatic hydroxyl groups is 3. The first-order valence-corrected chi connectivity index (χ1v) is 7.28. The van der Waals surface area contributed by atoms with Crippen LogP contribution in [0.25, 0.3) is 22.7 Å². The average Bonchev–Trinajstić information content (AvgIpc) is 2.52. The summed E-state index contributed by atoms with van der Waals surface area (Å²) in [7, 11) is 0. The first-order valence-electron chi connectivity index (χ1n) is 7.28. The van der Waals surface area contributed by atoms with Gasteiger partial charge in [0, 0.05) is 30.2 Å². The van der Waals surface area contributed by atoms with Crippen molar-refractivity contribution in [2.24, 2.45) is 0 Å². The molecule has 6 heteroatoms. The Bertz CT molecular complexity index is 1140. The zero-order chi connectivity index (χ0) is 16.8. The van der Waals surface area contributed by atoms with Crippen LogP contribution < -0.4 is 10.7 Å². The molecule has 0 saturated carbocycles. The maximum atomic E-state index is 12.1. The van der Waals surface area contributed by atoms with Gasteiger partial charge in [0.2, 0.25) is 0 Å². The SMILES string of the molecule is O=C1C=c2nc3cc(O)ccc3nc2=C(c2ccc(O)cc2O)C1. The Labute approximate surface area is 135 Å². The molecule has 24 heavy (non-hydrogen) atoms. The van der Waals surface area contributed by atoms with E-state index >= 15 is 0 Å². The van der Waals surface area contributed by atoms with Gasteiger partial charge in [0.15, 0.2) is 5.78 Å². The van der Waals surface area contributed by atoms with E-state index in [-0.39, 0.29) is 29.5 Å². The fourth-order valence-corrected chi connectivity index (χ4v) is 2.84. The van der Waals surface area contributed by atoms with Gasteiger partial charge in [0.05, 0.1) is 21.7 Å². The number of fused-ring (bicyclic) bond motifs is 2. The number of Topliss-reactive ketones (excluding diaryl/α,β-unsaturated/α-hetero) is 1. The van der Waals surface area contributed by atoms with Crippen molar-refractivity contribution < 1.29 is 20.1 Å². The van der Waals surface area contributed by atoms with Gasteiger partial charge in [-0.2, -0.15) is 0 Å². The molecule has 1 heterocycles. The Balaban J connectivity index is 2.11. The summed E-state index contributed by atoms with van der Waals surface area (Å²) < 4.78 is 0. The molecule has 4 rings (SSSR count). The molecule has 0 aliphatic heterocycles. The second kappa shape index (κ2) is 5.06. The van der Waals surface area contributed by atoms with Crippen molar-refractivity contribution in [1.29, 1.82) is 0 Å². The molecule has 2 aromatic carbocycles. The highest BCUT2D eigenvalue weighted by atomic mass is 16.3. The number of hydrogen-bond acceptors (Lipinski definition) is 6. The number of rotatable bonds is 1. The zero-order valence-corrected chi connectivity index (χ0v) is 12.4. The van der Waals surface area contributed by atoms with Gasteiger partial charge in [-0.15, -0.1) is 0 Å². The second-order valence-electron chi connectivity index (χ2n) is 5.60. The Morgan fingerprint density at radius 3 is 2.42 bits per heavy atom. The van der Waals surface area contributed by atoms with E-state index in [1.54, 1.807) is 12.1 Å². The number of nitrogens with zero attached hydrogens (tertiary/aromatic N) is 2. The van der Waals surface area contributed by atoms with Gasteiger partial charge in [-0.1, -0.05) is 0 Å². The van der Waals surface area contributed by atoms with Gasteiger partial charge in [-0.05, 0) is 29.8 Å². The molecule has 1 aliphatic carbocycles. The van der Waals surface area contributed by atoms with Gasteiger partial charge in [0.25, 0.3) is 0 Å². The lowest BCUT2D eigenvalue weighted by Crippen LogP contribution is -2.38. The van der Waals surface area contributed by atoms with E-state index < -0.39 is 0 Å². The monoisotopic (exact) mass is 320 g/mol. The van der Waals surface area contributed by atoms with Crippen LogP contribution >= 0.6 is 0 Å². The summed E-state index contributed by atoms with van der Waals surface area (Å²) in [5, 5.41) is 30.1. The van der Waals surface area contributed by atoms with E-state index in [4.69, 9.17) is 0 Å². The van der Waals surface area contributed by atoms with Crippen LogP contribution in [0.3, 0.4) is 0 Å². The standard InChI is InChI=1S/C18H12N2O4/c21-9-2-4-14-15(6-9)19-16-7-11(23)5-13(18(16)20-14)12-3-1-10(22)8-17(12)24/h1-4,6-8,21-22,24H,5H2. The van der Waals surface area contributed by atoms with E-state index in [9.17, 15) is 20.1 Å². The second-order valence-corrected chi connectivity index (χ2v) is 5.60. The number of aromatic nitrogens is 2. The zero-order valence-electron chi connectivity index (χ0n) is 12.4. The Hall–Kier alpha value is -3.41. The van der Waals surface area contributed by atoms with Crippen LogP contribution in [0, 0.1) is 0 Å². The number of benzene rings is 2. The highest BCUT2D eigenvalue weighted by Gasteiger charge is 2.18. The van der Waals surface area contributed by atoms with Crippen LogP contribution in [0.4, 0.5) is 0 Å². The molecule has 0 radical (unpaired) electrons. The molecule has 0 unspecified atom stereocenters. The van der Waals surface area contributed by atoms with E-state index in [0.717, 1.165) is 0 Å². The fourth-order valence-electron chi connectivity index (χ4n) is 2.84. The molecule has 0 amide bonds. The van der Waals surface area contributed by atoms with Crippen molar-refractivity contribution in [2.45, 2.75) is 6.42 Å². The number of ketones is 1. The number of phenols is 3. The molecule has 0 atom stereocenters. The van der Waals surface area contributed by atoms with Crippen LogP contribution in [0.5, 0.6) is 17.2 Å². The van der Waals surface area contributed by atoms with Crippen LogP contribution in [-0.4, -0.2) is 31.1 Å². The van der Waals surface area contributed by atoms with Gasteiger partial charge in [-0.25, -0.2) is 9.97 Å². The summed E-state index contributed by atoms with van der Waals surface area (Å²) in [6.45, 7) is 0. The summed E-state index contributed by atoms with van der Waals surface area (Å²) in [6.07, 6.45) is 1.50. The van der Waals surface area contributed by atoms with E-state index in [1.165, 1.54) is 30.3 Å². The van der Waals surface area contributed by atoms with Crippen LogP contribution in [0.15, 0.2) is 36.4 Å². The van der Waals surface area contributed by atoms with Crippen molar-refractivity contribution in [2.75, 3.05) is 0 Å². The molecule has 0 bridgehead atoms. The highest BCUT2D eigenvalue weighted by molar-refractivity contribution is 6.11. The summed E-state index contributed by atoms with van der Waals surface area (Å²) in [6, 6.07) is 8.84. The third kappa shape index (κ3) is 2.25. The minimum atomic E-state index is -0.154. The predicted octanol–water partition coefficient (Wildman–Crippen LogP) is 0.699. The molecular weight excluding hydrogens is 308 g/mol. The Morgan fingerprint density at radius 2 is 1.62 bits per heavy atom. The summed E-state index contributed by atoms with van der Waals surface area (Å²) in [5.41, 5.74) is 2.04. The minimum absolute atomic E-state index is 0.0640. The molecular formula is C18H12N2O4. The molecule has 3 N–H and O–H groups in total. The predicted molar refractivity (Wildman–Crippen MR) is 86.8 cm³/mol. The Morgan fingerprint density at radius 1 is 0.875 bits per heavy atom. The highest BCUT2D eigenvalue weighted by Crippen LogP contribution is 2.29. The van der Waals surface area contributed by atoms with Gasteiger partial charge in [-0.3, -0.25) is 4.79 Å². The first-order chi connectivity index (χ1) is 11.5. The fraction of sp³-hybridized carbons (Fsp3) is 0.0556. The van der Waals surface area contributed by atoms with Gasteiger partial charge >= 0.3 is 0 Å². The topological polar surface area (TPSA) is 104 Å². The van der Waals surface area contributed by atoms with Crippen LogP contribution in [0.1, 0.15) is 12.0 Å². The first kappa shape index (κ1) is 14.2. The molecule has 1 aliphatic rings. The molecule has 1 aromatic heterocycles. The molecule has 0 saturated heterocycles. The Kier molecular flexibility index (Phi) is 2.99. The normalized spacial score (nSPS) is 13.7. The number of carbonyl (C=O) groups excluding carboxylic acids is 1. The van der Waals surface area contributed by atoms with Crippen molar-refractivity contribution >= 4 is 28.5 Å². The van der Waals surface area contributed by atoms with E-state index in [2.05, 4.69) is 9.97 Å². The van der Waals surface area contributed by atoms with Crippen molar-refractivity contribution in [1.82, 2.24) is 9.97 Å². The largest absolute Gasteiger partial charge is 0.508 e. The molecule has 0 fully saturated rings. The number of carbonyl (C=O) groups is 1. The van der Waals surface area contributed by atoms with E-state index in [1.807, 2.05) is 0 Å². The van der Waals surface area contributed by atoms with Crippen molar-refractivity contribution in [3.05, 3.63) is 52.7 Å². The quantitative estimate of drug-likeness (QED) is 0.610. The summed E-state index contributed by atoms with van der Waals surface area (Å²) in [4.78, 5) is 21.0. The third-order valence-electron chi connectivity index (χ3n) is 3.92. The van der Waals surface area contributed by atoms with Gasteiger partial charge < -0.3 is 15.3 Å². The number of hydrogen-bond donors (Lipinski definition) is 3. The molecule has 0 spiro atoms. The van der Waals surface area contributed by atoms with Crippen molar-refractivity contribution in [3.8, 4) is 17.2 Å². The van der Waals surface area contributed by atoms with E-state index in [0.29, 0.717) is 32.9 Å². The third-order valence-corrected chi connectivity index (χ3v) is 3.92. The molecule has 6 nitrogen and oxygen atoms in total. The lowest BCUT2D eigenvalue weighted by atomic mass is 9.95. The van der Waals surface area contributed by atoms with Crippen molar-refractivity contribution in [3.63, 3.8) is 0 Å². The van der Waals surface area contributed by atoms with Crippen LogP contribution in [-0.2, 0) is 4.79 Å². The smallest absolute Gasteiger partial charge is 0.162 e. The number of phenolic OH excluding ortho intramolecular Hbond substituents is 3.